The van der Waals surface area contributed by atoms with Crippen LogP contribution in [-0.2, 0) is 25.7 Å². The van der Waals surface area contributed by atoms with E-state index >= 15 is 0 Å². The minimum absolute atomic E-state index is 0.357. The fourth-order valence-corrected chi connectivity index (χ4v) is 2.47. The van der Waals surface area contributed by atoms with Crippen molar-refractivity contribution < 1.29 is 24.3 Å². The zero-order chi connectivity index (χ0) is 19.6. The van der Waals surface area contributed by atoms with Gasteiger partial charge in [0.1, 0.15) is 12.5 Å². The minimum Gasteiger partial charge on any atom is -0.468 e. The first-order valence-corrected chi connectivity index (χ1v) is 8.21. The van der Waals surface area contributed by atoms with Crippen LogP contribution in [0.25, 0.3) is 0 Å². The number of methoxy groups -OCH3 is 1. The van der Waals surface area contributed by atoms with Crippen LogP contribution in [0.15, 0.2) is 54.6 Å². The molecule has 0 aliphatic rings. The molecule has 0 bridgehead atoms. The van der Waals surface area contributed by atoms with E-state index in [0.717, 1.165) is 11.1 Å². The normalized spacial score (nSPS) is 11.3. The summed E-state index contributed by atoms with van der Waals surface area (Å²) in [6.07, 6.45) is -0.489. The van der Waals surface area contributed by atoms with Gasteiger partial charge >= 0.3 is 5.97 Å². The van der Waals surface area contributed by atoms with Gasteiger partial charge in [0.25, 0.3) is 5.91 Å². The lowest BCUT2D eigenvalue weighted by molar-refractivity contribution is -0.143. The van der Waals surface area contributed by atoms with Crippen molar-refractivity contribution in [1.82, 2.24) is 10.8 Å². The Morgan fingerprint density at radius 3 is 2.44 bits per heavy atom. The first-order valence-electron chi connectivity index (χ1n) is 8.21. The number of hydroxylamine groups is 1. The van der Waals surface area contributed by atoms with Crippen molar-refractivity contribution in [3.05, 3.63) is 65.7 Å². The summed E-state index contributed by atoms with van der Waals surface area (Å²) >= 11 is 0. The molecule has 2 amide bonds. The zero-order valence-electron chi connectivity index (χ0n) is 14.8. The van der Waals surface area contributed by atoms with E-state index in [9.17, 15) is 14.4 Å². The fourth-order valence-electron chi connectivity index (χ4n) is 2.47. The van der Waals surface area contributed by atoms with Gasteiger partial charge in [-0.1, -0.05) is 42.5 Å². The molecule has 0 heterocycles. The topological polar surface area (TPSA) is 117 Å². The largest absolute Gasteiger partial charge is 0.468 e. The van der Waals surface area contributed by atoms with Gasteiger partial charge in [0.05, 0.1) is 7.11 Å². The number of anilines is 1. The van der Waals surface area contributed by atoms with E-state index in [1.165, 1.54) is 12.6 Å². The Kier molecular flexibility index (Phi) is 7.48. The van der Waals surface area contributed by atoms with Gasteiger partial charge in [-0.25, -0.2) is 10.3 Å². The molecule has 2 aromatic carbocycles. The maximum absolute atomic E-state index is 12.1. The second kappa shape index (κ2) is 10.0. The molecular weight excluding hydrogens is 350 g/mol. The standard InChI is InChI=1S/C19H21N3O5/c1-27-19(25)18(14-7-3-2-4-8-14)20-12-13-6-5-9-15(10-13)21-16(23)11-17(24)22-26/h2-10,18,20,26H,11-12H2,1H3,(H,21,23)(H,22,24)/t18-/m0/s1. The van der Waals surface area contributed by atoms with Gasteiger partial charge < -0.3 is 10.1 Å². The minimum atomic E-state index is -0.797. The molecule has 0 radical (unpaired) electrons. The molecule has 142 valence electrons. The SMILES string of the molecule is COC(=O)[C@@H](NCc1cccc(NC(=O)CC(=O)NO)c1)c1ccccc1. The van der Waals surface area contributed by atoms with Crippen molar-refractivity contribution in [3.8, 4) is 0 Å². The molecule has 4 N–H and O–H groups in total. The predicted octanol–water partition coefficient (Wildman–Crippen LogP) is 1.52. The fraction of sp³-hybridized carbons (Fsp3) is 0.211. The average Bonchev–Trinajstić information content (AvgIpc) is 2.68. The van der Waals surface area contributed by atoms with Crippen molar-refractivity contribution in [1.29, 1.82) is 0 Å². The highest BCUT2D eigenvalue weighted by atomic mass is 16.5. The predicted molar refractivity (Wildman–Crippen MR) is 97.7 cm³/mol. The Bertz CT molecular complexity index is 795. The second-order valence-electron chi connectivity index (χ2n) is 5.71. The monoisotopic (exact) mass is 371 g/mol. The third-order valence-electron chi connectivity index (χ3n) is 3.74. The Labute approximate surface area is 156 Å². The van der Waals surface area contributed by atoms with Gasteiger partial charge in [0, 0.05) is 12.2 Å². The average molecular weight is 371 g/mol. The summed E-state index contributed by atoms with van der Waals surface area (Å²) in [5.41, 5.74) is 3.51. The Hall–Kier alpha value is -3.23. The molecule has 2 aromatic rings. The van der Waals surface area contributed by atoms with Crippen LogP contribution >= 0.6 is 0 Å². The van der Waals surface area contributed by atoms with E-state index in [4.69, 9.17) is 9.94 Å². The van der Waals surface area contributed by atoms with Gasteiger partial charge in [-0.2, -0.15) is 0 Å². The number of benzene rings is 2. The highest BCUT2D eigenvalue weighted by Gasteiger charge is 2.20. The summed E-state index contributed by atoms with van der Waals surface area (Å²) in [6, 6.07) is 15.6. The Balaban J connectivity index is 2.03. The van der Waals surface area contributed by atoms with Crippen LogP contribution in [-0.4, -0.2) is 30.1 Å². The van der Waals surface area contributed by atoms with E-state index in [0.29, 0.717) is 12.2 Å². The summed E-state index contributed by atoms with van der Waals surface area (Å²) in [6.45, 7) is 0.357. The Morgan fingerprint density at radius 2 is 1.78 bits per heavy atom. The van der Waals surface area contributed by atoms with Crippen LogP contribution in [0.3, 0.4) is 0 Å². The van der Waals surface area contributed by atoms with E-state index in [2.05, 4.69) is 10.6 Å². The quantitative estimate of drug-likeness (QED) is 0.242. The van der Waals surface area contributed by atoms with E-state index < -0.39 is 30.2 Å². The van der Waals surface area contributed by atoms with Gasteiger partial charge in [0.2, 0.25) is 5.91 Å². The second-order valence-corrected chi connectivity index (χ2v) is 5.71. The van der Waals surface area contributed by atoms with Gasteiger partial charge in [-0.05, 0) is 23.3 Å². The smallest absolute Gasteiger partial charge is 0.327 e. The summed E-state index contributed by atoms with van der Waals surface area (Å²) in [7, 11) is 1.33. The molecule has 8 heteroatoms. The molecule has 2 rings (SSSR count). The van der Waals surface area contributed by atoms with Crippen LogP contribution in [0.4, 0.5) is 5.69 Å². The lowest BCUT2D eigenvalue weighted by Crippen LogP contribution is -2.29. The van der Waals surface area contributed by atoms with Crippen molar-refractivity contribution in [2.45, 2.75) is 19.0 Å². The lowest BCUT2D eigenvalue weighted by Gasteiger charge is -2.17. The molecule has 0 fully saturated rings. The number of carbonyl (C=O) groups excluding carboxylic acids is 3. The number of carbonyl (C=O) groups is 3. The van der Waals surface area contributed by atoms with E-state index in [1.807, 2.05) is 36.4 Å². The van der Waals surface area contributed by atoms with Crippen LogP contribution in [0, 0.1) is 0 Å². The molecule has 0 spiro atoms. The number of esters is 1. The highest BCUT2D eigenvalue weighted by molar-refractivity contribution is 6.03. The summed E-state index contributed by atoms with van der Waals surface area (Å²) < 4.78 is 4.86. The highest BCUT2D eigenvalue weighted by Crippen LogP contribution is 2.16. The molecule has 0 aliphatic carbocycles. The van der Waals surface area contributed by atoms with Crippen LogP contribution in [0.2, 0.25) is 0 Å². The Morgan fingerprint density at radius 1 is 1.04 bits per heavy atom. The number of rotatable bonds is 8. The first kappa shape index (κ1) is 20.1. The zero-order valence-corrected chi connectivity index (χ0v) is 14.8. The molecule has 0 aromatic heterocycles. The maximum Gasteiger partial charge on any atom is 0.327 e. The third-order valence-corrected chi connectivity index (χ3v) is 3.74. The molecule has 0 saturated heterocycles. The number of amides is 2. The number of nitrogens with one attached hydrogen (secondary N) is 3. The van der Waals surface area contributed by atoms with Crippen molar-refractivity contribution >= 4 is 23.5 Å². The maximum atomic E-state index is 12.1. The van der Waals surface area contributed by atoms with Gasteiger partial charge in [-0.15, -0.1) is 0 Å². The molecule has 27 heavy (non-hydrogen) atoms. The lowest BCUT2D eigenvalue weighted by atomic mass is 10.1. The molecule has 0 saturated carbocycles. The number of hydrogen-bond donors (Lipinski definition) is 4. The summed E-state index contributed by atoms with van der Waals surface area (Å²) in [5, 5.41) is 14.2. The third kappa shape index (κ3) is 6.21. The van der Waals surface area contributed by atoms with E-state index in [-0.39, 0.29) is 0 Å². The molecular formula is C19H21N3O5. The molecule has 0 aliphatic heterocycles. The van der Waals surface area contributed by atoms with Crippen LogP contribution in [0.5, 0.6) is 0 Å². The van der Waals surface area contributed by atoms with Crippen molar-refractivity contribution in [3.63, 3.8) is 0 Å². The van der Waals surface area contributed by atoms with Gasteiger partial charge in [-0.3, -0.25) is 20.1 Å². The number of hydrogen-bond acceptors (Lipinski definition) is 6. The summed E-state index contributed by atoms with van der Waals surface area (Å²) in [5.74, 6) is -1.75. The van der Waals surface area contributed by atoms with Crippen LogP contribution in [0.1, 0.15) is 23.6 Å². The van der Waals surface area contributed by atoms with Crippen LogP contribution < -0.4 is 16.1 Å². The molecule has 1 atom stereocenters. The first-order chi connectivity index (χ1) is 13.0. The van der Waals surface area contributed by atoms with E-state index in [1.54, 1.807) is 18.2 Å². The molecule has 8 nitrogen and oxygen atoms in total. The summed E-state index contributed by atoms with van der Waals surface area (Å²) in [4.78, 5) is 34.8. The van der Waals surface area contributed by atoms with Crippen molar-refractivity contribution in [2.75, 3.05) is 12.4 Å². The van der Waals surface area contributed by atoms with Gasteiger partial charge in [0.15, 0.2) is 0 Å². The van der Waals surface area contributed by atoms with Crippen molar-refractivity contribution in [2.24, 2.45) is 0 Å². The number of ether oxygens (including phenoxy) is 1. The molecule has 0 unspecified atom stereocenters.